The Balaban J connectivity index is 2.99. The first kappa shape index (κ1) is 17.5. The second-order valence-corrected chi connectivity index (χ2v) is 6.44. The second-order valence-electron chi connectivity index (χ2n) is 6.00. The van der Waals surface area contributed by atoms with Gasteiger partial charge in [-0.3, -0.25) is 9.59 Å². The molecule has 116 valence electrons. The normalized spacial score (nSPS) is 12.7. The van der Waals surface area contributed by atoms with Crippen molar-refractivity contribution >= 4 is 29.2 Å². The molecule has 0 bridgehead atoms. The van der Waals surface area contributed by atoms with E-state index in [-0.39, 0.29) is 12.5 Å². The van der Waals surface area contributed by atoms with E-state index in [4.69, 9.17) is 16.3 Å². The van der Waals surface area contributed by atoms with Crippen LogP contribution in [-0.4, -0.2) is 18.5 Å². The number of esters is 1. The highest BCUT2D eigenvalue weighted by atomic mass is 35.5. The summed E-state index contributed by atoms with van der Waals surface area (Å²) in [7, 11) is 0. The molecule has 0 radical (unpaired) electrons. The summed E-state index contributed by atoms with van der Waals surface area (Å²) in [5.74, 6) is -1.74. The molecular formula is C16H22ClNO3. The van der Waals surface area contributed by atoms with Gasteiger partial charge in [0.05, 0.1) is 6.61 Å². The van der Waals surface area contributed by atoms with Crippen LogP contribution in [0.3, 0.4) is 0 Å². The predicted octanol–water partition coefficient (Wildman–Crippen LogP) is 3.81. The van der Waals surface area contributed by atoms with Gasteiger partial charge < -0.3 is 10.1 Å². The summed E-state index contributed by atoms with van der Waals surface area (Å²) in [6.07, 6.45) is 0. The third-order valence-electron chi connectivity index (χ3n) is 3.10. The number of halogens is 1. The van der Waals surface area contributed by atoms with Crippen molar-refractivity contribution in [3.63, 3.8) is 0 Å². The Morgan fingerprint density at radius 2 is 1.95 bits per heavy atom. The number of nitrogens with one attached hydrogen (secondary N) is 1. The molecule has 0 aromatic heterocycles. The van der Waals surface area contributed by atoms with E-state index < -0.39 is 17.3 Å². The average Bonchev–Trinajstić information content (AvgIpc) is 2.31. The molecule has 5 heteroatoms. The molecular weight excluding hydrogens is 290 g/mol. The van der Waals surface area contributed by atoms with Crippen LogP contribution < -0.4 is 5.32 Å². The number of carbonyl (C=O) groups is 2. The van der Waals surface area contributed by atoms with Crippen molar-refractivity contribution in [1.82, 2.24) is 0 Å². The lowest BCUT2D eigenvalue weighted by atomic mass is 9.80. The first-order valence-electron chi connectivity index (χ1n) is 6.90. The Hall–Kier alpha value is -1.55. The van der Waals surface area contributed by atoms with Gasteiger partial charge in [0.15, 0.2) is 0 Å². The van der Waals surface area contributed by atoms with Crippen LogP contribution in [0.25, 0.3) is 0 Å². The molecule has 4 nitrogen and oxygen atoms in total. The highest BCUT2D eigenvalue weighted by Crippen LogP contribution is 2.29. The van der Waals surface area contributed by atoms with Crippen LogP contribution in [0.4, 0.5) is 5.69 Å². The molecule has 0 fully saturated rings. The van der Waals surface area contributed by atoms with Crippen molar-refractivity contribution in [3.8, 4) is 0 Å². The first-order chi connectivity index (χ1) is 9.66. The number of anilines is 1. The summed E-state index contributed by atoms with van der Waals surface area (Å²) >= 11 is 5.89. The van der Waals surface area contributed by atoms with Crippen molar-refractivity contribution in [3.05, 3.63) is 28.8 Å². The molecule has 0 aliphatic rings. The predicted molar refractivity (Wildman–Crippen MR) is 84.4 cm³/mol. The summed E-state index contributed by atoms with van der Waals surface area (Å²) in [6, 6.07) is 5.18. The van der Waals surface area contributed by atoms with Gasteiger partial charge in [0.1, 0.15) is 5.92 Å². The van der Waals surface area contributed by atoms with Crippen LogP contribution in [0.2, 0.25) is 5.02 Å². The fourth-order valence-electron chi connectivity index (χ4n) is 2.05. The minimum Gasteiger partial charge on any atom is -0.465 e. The van der Waals surface area contributed by atoms with Crippen LogP contribution in [0, 0.1) is 18.3 Å². The third-order valence-corrected chi connectivity index (χ3v) is 3.33. The summed E-state index contributed by atoms with van der Waals surface area (Å²) in [5.41, 5.74) is 0.951. The van der Waals surface area contributed by atoms with E-state index in [2.05, 4.69) is 5.32 Å². The number of hydrogen-bond donors (Lipinski definition) is 1. The van der Waals surface area contributed by atoms with Gasteiger partial charge in [-0.25, -0.2) is 0 Å². The number of amides is 1. The molecule has 0 aliphatic carbocycles. The van der Waals surface area contributed by atoms with Crippen LogP contribution >= 0.6 is 11.6 Å². The second kappa shape index (κ2) is 6.94. The molecule has 21 heavy (non-hydrogen) atoms. The Morgan fingerprint density at radius 1 is 1.33 bits per heavy atom. The van der Waals surface area contributed by atoms with E-state index >= 15 is 0 Å². The van der Waals surface area contributed by atoms with Crippen molar-refractivity contribution in [2.75, 3.05) is 11.9 Å². The molecule has 1 N–H and O–H groups in total. The van der Waals surface area contributed by atoms with Crippen LogP contribution in [0.5, 0.6) is 0 Å². The van der Waals surface area contributed by atoms with E-state index in [9.17, 15) is 9.59 Å². The molecule has 0 saturated heterocycles. The maximum atomic E-state index is 12.5. The number of carbonyl (C=O) groups excluding carboxylic acids is 2. The van der Waals surface area contributed by atoms with E-state index in [0.29, 0.717) is 10.7 Å². The standard InChI is InChI=1S/C16H22ClNO3/c1-6-21-15(20)13(16(3,4)5)14(19)18-12-8-7-11(17)9-10(12)2/h7-9,13H,6H2,1-5H3,(H,18,19). The molecule has 0 spiro atoms. The number of aryl methyl sites for hydroxylation is 1. The van der Waals surface area contributed by atoms with Crippen molar-refractivity contribution < 1.29 is 14.3 Å². The monoisotopic (exact) mass is 311 g/mol. The van der Waals surface area contributed by atoms with Crippen molar-refractivity contribution in [2.24, 2.45) is 11.3 Å². The summed E-state index contributed by atoms with van der Waals surface area (Å²) < 4.78 is 5.02. The molecule has 1 aromatic rings. The van der Waals surface area contributed by atoms with Gasteiger partial charge >= 0.3 is 5.97 Å². The van der Waals surface area contributed by atoms with Gasteiger partial charge in [-0.2, -0.15) is 0 Å². The highest BCUT2D eigenvalue weighted by molar-refractivity contribution is 6.30. The van der Waals surface area contributed by atoms with E-state index in [0.717, 1.165) is 5.56 Å². The number of benzene rings is 1. The number of rotatable bonds is 4. The Kier molecular flexibility index (Phi) is 5.78. The maximum absolute atomic E-state index is 12.5. The largest absolute Gasteiger partial charge is 0.465 e. The zero-order valence-electron chi connectivity index (χ0n) is 13.1. The first-order valence-corrected chi connectivity index (χ1v) is 7.28. The van der Waals surface area contributed by atoms with Crippen molar-refractivity contribution in [2.45, 2.75) is 34.6 Å². The van der Waals surface area contributed by atoms with Gasteiger partial charge in [0.2, 0.25) is 5.91 Å². The van der Waals surface area contributed by atoms with Gasteiger partial charge in [-0.1, -0.05) is 32.4 Å². The van der Waals surface area contributed by atoms with Gasteiger partial charge in [-0.05, 0) is 43.0 Å². The van der Waals surface area contributed by atoms with Gasteiger partial charge in [-0.15, -0.1) is 0 Å². The minimum absolute atomic E-state index is 0.249. The summed E-state index contributed by atoms with van der Waals surface area (Å²) in [6.45, 7) is 9.32. The lowest BCUT2D eigenvalue weighted by Gasteiger charge is -2.27. The number of ether oxygens (including phenoxy) is 1. The lowest BCUT2D eigenvalue weighted by Crippen LogP contribution is -2.40. The Morgan fingerprint density at radius 3 is 2.43 bits per heavy atom. The maximum Gasteiger partial charge on any atom is 0.319 e. The SMILES string of the molecule is CCOC(=O)C(C(=O)Nc1ccc(Cl)cc1C)C(C)(C)C. The fraction of sp³-hybridized carbons (Fsp3) is 0.500. The van der Waals surface area contributed by atoms with E-state index in [1.807, 2.05) is 27.7 Å². The van der Waals surface area contributed by atoms with Crippen LogP contribution in [0.15, 0.2) is 18.2 Å². The van der Waals surface area contributed by atoms with Crippen LogP contribution in [-0.2, 0) is 14.3 Å². The molecule has 0 saturated carbocycles. The third kappa shape index (κ3) is 4.74. The molecule has 1 amide bonds. The molecule has 1 aromatic carbocycles. The lowest BCUT2D eigenvalue weighted by molar-refractivity contribution is -0.155. The van der Waals surface area contributed by atoms with Gasteiger partial charge in [0, 0.05) is 10.7 Å². The Labute approximate surface area is 130 Å². The molecule has 1 rings (SSSR count). The minimum atomic E-state index is -0.868. The quantitative estimate of drug-likeness (QED) is 0.679. The highest BCUT2D eigenvalue weighted by Gasteiger charge is 2.39. The van der Waals surface area contributed by atoms with E-state index in [1.165, 1.54) is 0 Å². The molecule has 1 atom stereocenters. The van der Waals surface area contributed by atoms with E-state index in [1.54, 1.807) is 25.1 Å². The van der Waals surface area contributed by atoms with Crippen LogP contribution in [0.1, 0.15) is 33.3 Å². The summed E-state index contributed by atoms with van der Waals surface area (Å²) in [4.78, 5) is 24.5. The molecule has 1 unspecified atom stereocenters. The average molecular weight is 312 g/mol. The topological polar surface area (TPSA) is 55.4 Å². The number of hydrogen-bond acceptors (Lipinski definition) is 3. The zero-order chi connectivity index (χ0) is 16.2. The zero-order valence-corrected chi connectivity index (χ0v) is 13.9. The fourth-order valence-corrected chi connectivity index (χ4v) is 2.28. The molecule has 0 heterocycles. The molecule has 0 aliphatic heterocycles. The van der Waals surface area contributed by atoms with Gasteiger partial charge in [0.25, 0.3) is 0 Å². The smallest absolute Gasteiger partial charge is 0.319 e. The Bertz CT molecular complexity index is 535. The summed E-state index contributed by atoms with van der Waals surface area (Å²) in [5, 5.41) is 3.39. The van der Waals surface area contributed by atoms with Crippen molar-refractivity contribution in [1.29, 1.82) is 0 Å².